The summed E-state index contributed by atoms with van der Waals surface area (Å²) in [6.07, 6.45) is 11.6. The molecular formula is C46H66N5O6. The van der Waals surface area contributed by atoms with Crippen LogP contribution in [0.25, 0.3) is 11.4 Å². The van der Waals surface area contributed by atoms with Gasteiger partial charge in [0.2, 0.25) is 23.4 Å². The van der Waals surface area contributed by atoms with Gasteiger partial charge >= 0.3 is 0 Å². The normalized spacial score (nSPS) is 10.9. The second-order valence-electron chi connectivity index (χ2n) is 14.1. The maximum atomic E-state index is 6.32. The lowest BCUT2D eigenvalue weighted by molar-refractivity contribution is 0.237. The maximum Gasteiger partial charge on any atom is 0.232 e. The van der Waals surface area contributed by atoms with E-state index in [1.54, 1.807) is 0 Å². The molecule has 0 spiro atoms. The number of nitrogens with zero attached hydrogens (tertiary/aromatic N) is 3. The number of benzene rings is 3. The molecule has 0 bridgehead atoms. The predicted molar refractivity (Wildman–Crippen MR) is 232 cm³/mol. The number of unbranched alkanes of at least 4 members (excludes halogenated alkanes) is 6. The highest BCUT2D eigenvalue weighted by Gasteiger charge is 2.20. The van der Waals surface area contributed by atoms with E-state index in [4.69, 9.17) is 43.4 Å². The minimum Gasteiger partial charge on any atom is -0.489 e. The molecule has 1 radical (unpaired) electrons. The van der Waals surface area contributed by atoms with Crippen molar-refractivity contribution in [2.75, 3.05) is 50.3 Å². The summed E-state index contributed by atoms with van der Waals surface area (Å²) >= 11 is 0. The first-order chi connectivity index (χ1) is 27.9. The van der Waals surface area contributed by atoms with Gasteiger partial charge in [0.25, 0.3) is 0 Å². The second-order valence-corrected chi connectivity index (χ2v) is 14.1. The smallest absolute Gasteiger partial charge is 0.232 e. The van der Waals surface area contributed by atoms with Gasteiger partial charge in [-0.2, -0.15) is 15.0 Å². The minimum atomic E-state index is 0.332. The number of ether oxygens (including phenoxy) is 6. The highest BCUT2D eigenvalue weighted by atomic mass is 16.5. The van der Waals surface area contributed by atoms with Crippen molar-refractivity contribution in [1.29, 1.82) is 0 Å². The Balaban J connectivity index is 1.79. The number of hydrogen-bond donors (Lipinski definition) is 2. The van der Waals surface area contributed by atoms with Crippen molar-refractivity contribution in [1.82, 2.24) is 15.0 Å². The minimum absolute atomic E-state index is 0.332. The number of anilines is 4. The van der Waals surface area contributed by atoms with E-state index < -0.39 is 0 Å². The van der Waals surface area contributed by atoms with Crippen LogP contribution < -0.4 is 39.1 Å². The summed E-state index contributed by atoms with van der Waals surface area (Å²) in [6.45, 7) is 20.3. The SMILES string of the molecule is [CH2]c1ccc(-c2nc(Nc3cc(OCCCC)c(OCCCC)c(OCCCC)c3)nc(Nc3cc(OCCCC)c(OCCCC)c(OCCCC)c3)n2)cc1. The second kappa shape index (κ2) is 25.3. The van der Waals surface area contributed by atoms with Crippen LogP contribution in [0.2, 0.25) is 0 Å². The molecule has 4 aromatic rings. The first kappa shape index (κ1) is 44.8. The Morgan fingerprint density at radius 2 is 0.754 bits per heavy atom. The fourth-order valence-corrected chi connectivity index (χ4v) is 5.48. The average molecular weight is 785 g/mol. The van der Waals surface area contributed by atoms with Gasteiger partial charge in [0, 0.05) is 41.2 Å². The molecule has 1 aromatic heterocycles. The predicted octanol–water partition coefficient (Wildman–Crippen LogP) is 12.3. The van der Waals surface area contributed by atoms with Crippen molar-refractivity contribution in [3.63, 3.8) is 0 Å². The van der Waals surface area contributed by atoms with Crippen molar-refractivity contribution in [2.24, 2.45) is 0 Å². The van der Waals surface area contributed by atoms with Gasteiger partial charge in [-0.25, -0.2) is 0 Å². The lowest BCUT2D eigenvalue weighted by Gasteiger charge is -2.20. The first-order valence-electron chi connectivity index (χ1n) is 21.3. The molecule has 3 aromatic carbocycles. The molecule has 311 valence electrons. The molecule has 0 aliphatic rings. The molecule has 0 fully saturated rings. The number of nitrogens with one attached hydrogen (secondary N) is 2. The Morgan fingerprint density at radius 1 is 0.439 bits per heavy atom. The molecule has 0 saturated heterocycles. The third-order valence-corrected chi connectivity index (χ3v) is 8.91. The maximum absolute atomic E-state index is 6.32. The molecule has 57 heavy (non-hydrogen) atoms. The van der Waals surface area contributed by atoms with E-state index >= 15 is 0 Å². The number of hydrogen-bond acceptors (Lipinski definition) is 11. The van der Waals surface area contributed by atoms with Crippen molar-refractivity contribution in [2.45, 2.75) is 119 Å². The Morgan fingerprint density at radius 3 is 1.07 bits per heavy atom. The molecule has 0 saturated carbocycles. The molecule has 0 unspecified atom stereocenters. The zero-order chi connectivity index (χ0) is 40.7. The van der Waals surface area contributed by atoms with Crippen LogP contribution in [-0.2, 0) is 0 Å². The van der Waals surface area contributed by atoms with Gasteiger partial charge in [-0.1, -0.05) is 104 Å². The van der Waals surface area contributed by atoms with Gasteiger partial charge in [-0.3, -0.25) is 0 Å². The summed E-state index contributed by atoms with van der Waals surface area (Å²) < 4.78 is 37.9. The molecule has 11 heteroatoms. The lowest BCUT2D eigenvalue weighted by Crippen LogP contribution is -2.09. The standard InChI is InChI=1S/C46H66N5O6/c1-8-14-24-52-38-30-36(31-39(53-25-15-9-2)42(38)56-28-18-12-5)47-45-49-44(35-22-20-34(7)21-23-35)50-46(51-45)48-37-32-40(54-26-16-10-3)43(57-29-19-13-6)41(33-37)55-27-17-11-4/h20-23,30-33H,7-19,24-29H2,1-6H3,(H2,47,48,49,50,51). The van der Waals surface area contributed by atoms with E-state index in [9.17, 15) is 0 Å². The van der Waals surface area contributed by atoms with Crippen molar-refractivity contribution in [3.8, 4) is 45.9 Å². The molecule has 0 atom stereocenters. The highest BCUT2D eigenvalue weighted by Crippen LogP contribution is 2.43. The van der Waals surface area contributed by atoms with Crippen molar-refractivity contribution in [3.05, 3.63) is 61.0 Å². The van der Waals surface area contributed by atoms with Gasteiger partial charge < -0.3 is 39.1 Å². The van der Waals surface area contributed by atoms with E-state index in [0.717, 1.165) is 88.2 Å². The van der Waals surface area contributed by atoms with Gasteiger partial charge in [0.15, 0.2) is 28.8 Å². The van der Waals surface area contributed by atoms with Gasteiger partial charge in [-0.15, -0.1) is 0 Å². The summed E-state index contributed by atoms with van der Waals surface area (Å²) in [4.78, 5) is 14.6. The van der Waals surface area contributed by atoms with Gasteiger partial charge in [0.1, 0.15) is 0 Å². The fourth-order valence-electron chi connectivity index (χ4n) is 5.48. The van der Waals surface area contributed by atoms with E-state index in [1.807, 2.05) is 48.5 Å². The summed E-state index contributed by atoms with van der Waals surface area (Å²) in [5.41, 5.74) is 3.09. The van der Waals surface area contributed by atoms with Crippen LogP contribution >= 0.6 is 0 Å². The zero-order valence-electron chi connectivity index (χ0n) is 35.3. The zero-order valence-corrected chi connectivity index (χ0v) is 35.3. The average Bonchev–Trinajstić information content (AvgIpc) is 3.20. The topological polar surface area (TPSA) is 118 Å². The fraction of sp³-hybridized carbons (Fsp3) is 0.522. The quantitative estimate of drug-likeness (QED) is 0.0512. The molecule has 11 nitrogen and oxygen atoms in total. The molecule has 2 N–H and O–H groups in total. The third-order valence-electron chi connectivity index (χ3n) is 8.91. The molecule has 0 aliphatic carbocycles. The van der Waals surface area contributed by atoms with Crippen LogP contribution in [0.15, 0.2) is 48.5 Å². The largest absolute Gasteiger partial charge is 0.489 e. The van der Waals surface area contributed by atoms with Crippen LogP contribution in [0.3, 0.4) is 0 Å². The van der Waals surface area contributed by atoms with Crippen LogP contribution in [-0.4, -0.2) is 54.6 Å². The van der Waals surface area contributed by atoms with Crippen LogP contribution in [0.4, 0.5) is 23.3 Å². The van der Waals surface area contributed by atoms with Crippen LogP contribution in [0.1, 0.15) is 124 Å². The van der Waals surface area contributed by atoms with Crippen LogP contribution in [0.5, 0.6) is 34.5 Å². The van der Waals surface area contributed by atoms with Crippen molar-refractivity contribution < 1.29 is 28.4 Å². The van der Waals surface area contributed by atoms with Crippen molar-refractivity contribution >= 4 is 23.3 Å². The Labute approximate surface area is 341 Å². The lowest BCUT2D eigenvalue weighted by atomic mass is 10.1. The molecule has 1 heterocycles. The molecular weight excluding hydrogens is 719 g/mol. The molecule has 4 rings (SSSR count). The number of rotatable bonds is 29. The summed E-state index contributed by atoms with van der Waals surface area (Å²) in [6, 6.07) is 15.5. The Hall–Kier alpha value is -4.93. The molecule has 0 aliphatic heterocycles. The Kier molecular flexibility index (Phi) is 19.9. The van der Waals surface area contributed by atoms with E-state index in [0.29, 0.717) is 103 Å². The molecule has 0 amide bonds. The van der Waals surface area contributed by atoms with E-state index in [2.05, 4.69) is 59.1 Å². The number of aromatic nitrogens is 3. The van der Waals surface area contributed by atoms with Crippen LogP contribution in [0, 0.1) is 6.92 Å². The highest BCUT2D eigenvalue weighted by molar-refractivity contribution is 5.70. The summed E-state index contributed by atoms with van der Waals surface area (Å²) in [5, 5.41) is 6.87. The third kappa shape index (κ3) is 14.8. The van der Waals surface area contributed by atoms with E-state index in [1.165, 1.54) is 0 Å². The van der Waals surface area contributed by atoms with E-state index in [-0.39, 0.29) is 0 Å². The monoisotopic (exact) mass is 785 g/mol. The summed E-state index contributed by atoms with van der Waals surface area (Å²) in [5.74, 6) is 4.82. The first-order valence-corrected chi connectivity index (χ1v) is 21.3. The summed E-state index contributed by atoms with van der Waals surface area (Å²) in [7, 11) is 0. The Bertz CT molecular complexity index is 1590. The van der Waals surface area contributed by atoms with Gasteiger partial charge in [0.05, 0.1) is 39.6 Å². The van der Waals surface area contributed by atoms with Gasteiger partial charge in [-0.05, 0) is 51.0 Å².